The van der Waals surface area contributed by atoms with Crippen molar-refractivity contribution < 1.29 is 12.8 Å². The molecule has 0 saturated heterocycles. The molecule has 0 amide bonds. The second-order valence-corrected chi connectivity index (χ2v) is 6.68. The van der Waals surface area contributed by atoms with E-state index in [1.165, 1.54) is 36.4 Å². The fourth-order valence-electron chi connectivity index (χ4n) is 1.69. The fourth-order valence-corrected chi connectivity index (χ4v) is 2.60. The van der Waals surface area contributed by atoms with Crippen LogP contribution in [0, 0.1) is 5.82 Å². The normalized spacial score (nSPS) is 11.4. The molecule has 0 aliphatic heterocycles. The van der Waals surface area contributed by atoms with Crippen molar-refractivity contribution in [1.29, 1.82) is 0 Å². The highest BCUT2D eigenvalue weighted by molar-refractivity contribution is 7.89. The van der Waals surface area contributed by atoms with Crippen molar-refractivity contribution in [1.82, 2.24) is 0 Å². The molecule has 8 heteroatoms. The molecule has 2 aromatic rings. The number of anilines is 1. The van der Waals surface area contributed by atoms with Crippen LogP contribution in [-0.2, 0) is 16.6 Å². The van der Waals surface area contributed by atoms with Gasteiger partial charge in [0.1, 0.15) is 5.82 Å². The molecule has 3 N–H and O–H groups in total. The van der Waals surface area contributed by atoms with Gasteiger partial charge in [-0.1, -0.05) is 23.2 Å². The van der Waals surface area contributed by atoms with E-state index < -0.39 is 15.8 Å². The van der Waals surface area contributed by atoms with E-state index in [4.69, 9.17) is 28.3 Å². The summed E-state index contributed by atoms with van der Waals surface area (Å²) >= 11 is 11.8. The Morgan fingerprint density at radius 1 is 1.14 bits per heavy atom. The first-order chi connectivity index (χ1) is 9.77. The van der Waals surface area contributed by atoms with E-state index in [0.717, 1.165) is 0 Å². The molecule has 0 fully saturated rings. The van der Waals surface area contributed by atoms with Crippen molar-refractivity contribution >= 4 is 38.9 Å². The number of sulfonamides is 1. The Bertz CT molecular complexity index is 782. The number of nitrogens with one attached hydrogen (secondary N) is 1. The molecule has 0 saturated carbocycles. The van der Waals surface area contributed by atoms with Crippen LogP contribution in [0.25, 0.3) is 0 Å². The van der Waals surface area contributed by atoms with Gasteiger partial charge in [-0.2, -0.15) is 0 Å². The van der Waals surface area contributed by atoms with Crippen LogP contribution in [0.5, 0.6) is 0 Å². The van der Waals surface area contributed by atoms with Crippen LogP contribution in [0.1, 0.15) is 5.56 Å². The molecule has 4 nitrogen and oxygen atoms in total. The Hall–Kier alpha value is -1.34. The number of hydrogen-bond donors (Lipinski definition) is 2. The van der Waals surface area contributed by atoms with Gasteiger partial charge in [0.05, 0.1) is 15.6 Å². The van der Waals surface area contributed by atoms with E-state index in [2.05, 4.69) is 5.32 Å². The summed E-state index contributed by atoms with van der Waals surface area (Å²) in [5, 5.41) is 8.61. The second-order valence-electron chi connectivity index (χ2n) is 4.28. The molecule has 0 spiro atoms. The average Bonchev–Trinajstić information content (AvgIpc) is 2.40. The molecule has 0 radical (unpaired) electrons. The van der Waals surface area contributed by atoms with E-state index in [1.807, 2.05) is 0 Å². The lowest BCUT2D eigenvalue weighted by molar-refractivity contribution is 0.597. The van der Waals surface area contributed by atoms with Crippen LogP contribution in [-0.4, -0.2) is 8.42 Å². The topological polar surface area (TPSA) is 72.2 Å². The van der Waals surface area contributed by atoms with Crippen molar-refractivity contribution in [3.8, 4) is 0 Å². The maximum absolute atomic E-state index is 13.6. The molecule has 0 atom stereocenters. The lowest BCUT2D eigenvalue weighted by Crippen LogP contribution is -2.12. The van der Waals surface area contributed by atoms with Gasteiger partial charge in [-0.15, -0.1) is 0 Å². The van der Waals surface area contributed by atoms with Gasteiger partial charge < -0.3 is 5.32 Å². The third-order valence-corrected chi connectivity index (χ3v) is 4.22. The van der Waals surface area contributed by atoms with Gasteiger partial charge in [-0.25, -0.2) is 17.9 Å². The predicted molar refractivity (Wildman–Crippen MR) is 81.6 cm³/mol. The van der Waals surface area contributed by atoms with Crippen molar-refractivity contribution in [2.75, 3.05) is 5.32 Å². The quantitative estimate of drug-likeness (QED) is 0.889. The Labute approximate surface area is 131 Å². The van der Waals surface area contributed by atoms with Crippen LogP contribution < -0.4 is 10.5 Å². The molecular weight excluding hydrogens is 338 g/mol. The number of nitrogens with two attached hydrogens (primary N) is 1. The van der Waals surface area contributed by atoms with Crippen LogP contribution in [0.4, 0.5) is 10.1 Å². The van der Waals surface area contributed by atoms with Gasteiger partial charge >= 0.3 is 0 Å². The van der Waals surface area contributed by atoms with Crippen molar-refractivity contribution in [3.63, 3.8) is 0 Å². The van der Waals surface area contributed by atoms with Gasteiger partial charge in [-0.3, -0.25) is 0 Å². The van der Waals surface area contributed by atoms with Crippen molar-refractivity contribution in [3.05, 3.63) is 57.8 Å². The summed E-state index contributed by atoms with van der Waals surface area (Å²) in [6.45, 7) is 0.0974. The molecule has 2 rings (SSSR count). The molecule has 0 unspecified atom stereocenters. The maximum atomic E-state index is 13.6. The molecule has 0 aromatic heterocycles. The smallest absolute Gasteiger partial charge is 0.238 e. The second kappa shape index (κ2) is 6.19. The van der Waals surface area contributed by atoms with Crippen LogP contribution in [0.15, 0.2) is 41.3 Å². The summed E-state index contributed by atoms with van der Waals surface area (Å²) in [5.41, 5.74) is 0.669. The van der Waals surface area contributed by atoms with Crippen molar-refractivity contribution in [2.45, 2.75) is 11.4 Å². The van der Waals surface area contributed by atoms with Crippen molar-refractivity contribution in [2.24, 2.45) is 5.14 Å². The summed E-state index contributed by atoms with van der Waals surface area (Å²) in [6, 6.07) is 8.15. The standard InChI is InChI=1S/C13H11Cl2FN2O2S/c14-9-1-4-12(16)8(5-9)7-18-13-6-10(21(17,19)20)2-3-11(13)15/h1-6,18H,7H2,(H2,17,19,20). The summed E-state index contributed by atoms with van der Waals surface area (Å²) in [5.74, 6) is -0.425. The zero-order chi connectivity index (χ0) is 15.6. The van der Waals surface area contributed by atoms with Gasteiger partial charge in [0.2, 0.25) is 10.0 Å². The van der Waals surface area contributed by atoms with Gasteiger partial charge in [0.25, 0.3) is 0 Å². The van der Waals surface area contributed by atoms with Gasteiger partial charge in [-0.05, 0) is 36.4 Å². The van der Waals surface area contributed by atoms with E-state index in [-0.39, 0.29) is 11.4 Å². The lowest BCUT2D eigenvalue weighted by Gasteiger charge is -2.11. The molecule has 112 valence electrons. The minimum Gasteiger partial charge on any atom is -0.380 e. The third kappa shape index (κ3) is 4.07. The van der Waals surface area contributed by atoms with Crippen LogP contribution in [0.3, 0.4) is 0 Å². The first-order valence-electron chi connectivity index (χ1n) is 5.77. The molecule has 0 aliphatic carbocycles. The van der Waals surface area contributed by atoms with E-state index in [0.29, 0.717) is 21.3 Å². The maximum Gasteiger partial charge on any atom is 0.238 e. The fraction of sp³-hybridized carbons (Fsp3) is 0.0769. The number of benzene rings is 2. The van der Waals surface area contributed by atoms with E-state index in [1.54, 1.807) is 0 Å². The Kier molecular flexibility index (Phi) is 4.73. The number of hydrogen-bond acceptors (Lipinski definition) is 3. The van der Waals surface area contributed by atoms with E-state index >= 15 is 0 Å². The van der Waals surface area contributed by atoms with Gasteiger partial charge in [0, 0.05) is 17.1 Å². The number of rotatable bonds is 4. The highest BCUT2D eigenvalue weighted by Gasteiger charge is 2.11. The van der Waals surface area contributed by atoms with Gasteiger partial charge in [0.15, 0.2) is 0 Å². The largest absolute Gasteiger partial charge is 0.380 e. The Morgan fingerprint density at radius 3 is 2.52 bits per heavy atom. The summed E-state index contributed by atoms with van der Waals surface area (Å²) in [7, 11) is -3.83. The zero-order valence-electron chi connectivity index (χ0n) is 10.6. The summed E-state index contributed by atoms with van der Waals surface area (Å²) < 4.78 is 36.2. The van der Waals surface area contributed by atoms with E-state index in [9.17, 15) is 12.8 Å². The number of primary sulfonamides is 1. The molecule has 0 bridgehead atoms. The highest BCUT2D eigenvalue weighted by atomic mass is 35.5. The number of halogens is 3. The summed E-state index contributed by atoms with van der Waals surface area (Å²) in [4.78, 5) is -0.0824. The van der Waals surface area contributed by atoms with Crippen LogP contribution >= 0.6 is 23.2 Å². The molecule has 0 aliphatic rings. The molecule has 0 heterocycles. The first kappa shape index (κ1) is 16.0. The molecule has 21 heavy (non-hydrogen) atoms. The van der Waals surface area contributed by atoms with Crippen LogP contribution in [0.2, 0.25) is 10.0 Å². The predicted octanol–water partition coefficient (Wildman–Crippen LogP) is 3.39. The third-order valence-electron chi connectivity index (χ3n) is 2.74. The first-order valence-corrected chi connectivity index (χ1v) is 8.08. The summed E-state index contributed by atoms with van der Waals surface area (Å²) in [6.07, 6.45) is 0. The minimum absolute atomic E-state index is 0.0824. The highest BCUT2D eigenvalue weighted by Crippen LogP contribution is 2.26. The molecular formula is C13H11Cl2FN2O2S. The Balaban J connectivity index is 2.26. The minimum atomic E-state index is -3.83. The lowest BCUT2D eigenvalue weighted by atomic mass is 10.2. The molecule has 2 aromatic carbocycles. The SMILES string of the molecule is NS(=O)(=O)c1ccc(Cl)c(NCc2cc(Cl)ccc2F)c1. The average molecular weight is 349 g/mol. The Morgan fingerprint density at radius 2 is 1.86 bits per heavy atom. The zero-order valence-corrected chi connectivity index (χ0v) is 12.9. The monoisotopic (exact) mass is 348 g/mol.